The van der Waals surface area contributed by atoms with Gasteiger partial charge in [-0.15, -0.1) is 11.3 Å². The molecular weight excluding hydrogens is 362 g/mol. The molecule has 6 nitrogen and oxygen atoms in total. The summed E-state index contributed by atoms with van der Waals surface area (Å²) >= 11 is 1.67. The minimum absolute atomic E-state index is 0.0164. The second-order valence-corrected chi connectivity index (χ2v) is 7.84. The summed E-state index contributed by atoms with van der Waals surface area (Å²) in [6.07, 6.45) is 0.246. The molecule has 7 heteroatoms. The second-order valence-electron chi connectivity index (χ2n) is 6.77. The fraction of sp³-hybridized carbons (Fsp3) is 0.450. The molecule has 0 radical (unpaired) electrons. The van der Waals surface area contributed by atoms with Crippen molar-refractivity contribution < 1.29 is 14.3 Å². The molecule has 1 aromatic heterocycles. The van der Waals surface area contributed by atoms with E-state index in [1.54, 1.807) is 36.6 Å². The number of nitrogens with zero attached hydrogens (tertiary/aromatic N) is 3. The lowest BCUT2D eigenvalue weighted by atomic mass is 10.0. The average Bonchev–Trinajstić information content (AvgIpc) is 3.06. The Labute approximate surface area is 163 Å². The van der Waals surface area contributed by atoms with Gasteiger partial charge < -0.3 is 9.64 Å². The molecule has 3 rings (SSSR count). The van der Waals surface area contributed by atoms with Crippen LogP contribution in [0.5, 0.6) is 5.75 Å². The zero-order valence-corrected chi connectivity index (χ0v) is 16.8. The van der Waals surface area contributed by atoms with Crippen LogP contribution in [0.2, 0.25) is 0 Å². The molecule has 1 saturated heterocycles. The number of aromatic nitrogens is 1. The zero-order chi connectivity index (χ0) is 19.4. The third-order valence-electron chi connectivity index (χ3n) is 4.81. The second kappa shape index (κ2) is 8.63. The summed E-state index contributed by atoms with van der Waals surface area (Å²) in [4.78, 5) is 33.1. The molecule has 0 saturated carbocycles. The van der Waals surface area contributed by atoms with Gasteiger partial charge in [0.25, 0.3) is 0 Å². The zero-order valence-electron chi connectivity index (χ0n) is 16.0. The predicted molar refractivity (Wildman–Crippen MR) is 105 cm³/mol. The summed E-state index contributed by atoms with van der Waals surface area (Å²) in [6, 6.07) is 5.25. The Morgan fingerprint density at radius 1 is 1.22 bits per heavy atom. The highest BCUT2D eigenvalue weighted by Crippen LogP contribution is 2.22. The quantitative estimate of drug-likeness (QED) is 0.713. The molecule has 0 aliphatic carbocycles. The lowest BCUT2D eigenvalue weighted by molar-refractivity contribution is -0.132. The van der Waals surface area contributed by atoms with Crippen molar-refractivity contribution in [3.05, 3.63) is 45.4 Å². The highest BCUT2D eigenvalue weighted by Gasteiger charge is 2.23. The first-order valence-electron chi connectivity index (χ1n) is 9.05. The van der Waals surface area contributed by atoms with Gasteiger partial charge in [-0.3, -0.25) is 14.5 Å². The van der Waals surface area contributed by atoms with Gasteiger partial charge in [0.1, 0.15) is 5.75 Å². The molecule has 1 fully saturated rings. The van der Waals surface area contributed by atoms with Crippen LogP contribution in [-0.4, -0.2) is 59.8 Å². The van der Waals surface area contributed by atoms with E-state index < -0.39 is 0 Å². The summed E-state index contributed by atoms with van der Waals surface area (Å²) in [5.74, 6) is 0.696. The van der Waals surface area contributed by atoms with E-state index in [1.807, 2.05) is 11.8 Å². The van der Waals surface area contributed by atoms with E-state index in [-0.39, 0.29) is 18.1 Å². The first-order chi connectivity index (χ1) is 13.0. The lowest BCUT2D eigenvalue weighted by Gasteiger charge is -2.34. The molecule has 0 unspecified atom stereocenters. The first-order valence-corrected chi connectivity index (χ1v) is 9.93. The van der Waals surface area contributed by atoms with Crippen LogP contribution in [0.4, 0.5) is 0 Å². The van der Waals surface area contributed by atoms with Gasteiger partial charge >= 0.3 is 0 Å². The molecule has 0 N–H and O–H groups in total. The van der Waals surface area contributed by atoms with E-state index in [2.05, 4.69) is 15.3 Å². The number of thiazole rings is 1. The average molecular weight is 388 g/mol. The Kier molecular flexibility index (Phi) is 6.23. The first kappa shape index (κ1) is 19.5. The number of ketones is 1. The number of piperazine rings is 1. The minimum Gasteiger partial charge on any atom is -0.496 e. The summed E-state index contributed by atoms with van der Waals surface area (Å²) in [7, 11) is 1.58. The van der Waals surface area contributed by atoms with Gasteiger partial charge in [0.05, 0.1) is 24.2 Å². The SMILES string of the molecule is COc1ccc(C(C)=O)cc1CC(=O)N1CCN(Cc2csc(C)n2)CC1. The van der Waals surface area contributed by atoms with E-state index in [0.29, 0.717) is 24.4 Å². The summed E-state index contributed by atoms with van der Waals surface area (Å²) in [5.41, 5.74) is 2.46. The molecule has 1 aromatic carbocycles. The smallest absolute Gasteiger partial charge is 0.227 e. The number of rotatable bonds is 6. The Morgan fingerprint density at radius 2 is 1.96 bits per heavy atom. The van der Waals surface area contributed by atoms with E-state index in [1.165, 1.54) is 6.92 Å². The van der Waals surface area contributed by atoms with Crippen LogP contribution in [-0.2, 0) is 17.8 Å². The van der Waals surface area contributed by atoms with Crippen LogP contribution in [0.1, 0.15) is 33.5 Å². The van der Waals surface area contributed by atoms with Crippen LogP contribution < -0.4 is 4.74 Å². The largest absolute Gasteiger partial charge is 0.496 e. The van der Waals surface area contributed by atoms with Gasteiger partial charge in [-0.05, 0) is 32.0 Å². The van der Waals surface area contributed by atoms with E-state index in [0.717, 1.165) is 35.9 Å². The Balaban J connectivity index is 1.58. The molecule has 27 heavy (non-hydrogen) atoms. The normalized spacial score (nSPS) is 15.0. The van der Waals surface area contributed by atoms with Gasteiger partial charge in [-0.1, -0.05) is 0 Å². The molecular formula is C20H25N3O3S. The molecule has 1 aliphatic heterocycles. The van der Waals surface area contributed by atoms with Crippen LogP contribution in [0.15, 0.2) is 23.6 Å². The molecule has 0 atom stereocenters. The Hall–Kier alpha value is -2.25. The predicted octanol–water partition coefficient (Wildman–Crippen LogP) is 2.55. The molecule has 2 heterocycles. The summed E-state index contributed by atoms with van der Waals surface area (Å²) < 4.78 is 5.36. The third kappa shape index (κ3) is 4.93. The van der Waals surface area contributed by atoms with E-state index in [4.69, 9.17) is 4.74 Å². The Morgan fingerprint density at radius 3 is 2.56 bits per heavy atom. The van der Waals surface area contributed by atoms with E-state index >= 15 is 0 Å². The molecule has 1 amide bonds. The maximum Gasteiger partial charge on any atom is 0.227 e. The third-order valence-corrected chi connectivity index (χ3v) is 5.63. The summed E-state index contributed by atoms with van der Waals surface area (Å²) in [6.45, 7) is 7.46. The molecule has 0 spiro atoms. The van der Waals surface area contributed by atoms with Crippen LogP contribution in [0.3, 0.4) is 0 Å². The van der Waals surface area contributed by atoms with Crippen molar-refractivity contribution in [2.75, 3.05) is 33.3 Å². The van der Waals surface area contributed by atoms with Crippen molar-refractivity contribution in [2.45, 2.75) is 26.8 Å². The van der Waals surface area contributed by atoms with Gasteiger partial charge in [0.2, 0.25) is 5.91 Å². The van der Waals surface area contributed by atoms with Gasteiger partial charge in [0.15, 0.2) is 5.78 Å². The maximum atomic E-state index is 12.7. The van der Waals surface area contributed by atoms with Crippen LogP contribution in [0, 0.1) is 6.92 Å². The van der Waals surface area contributed by atoms with Gasteiger partial charge in [-0.25, -0.2) is 4.98 Å². The van der Waals surface area contributed by atoms with Crippen molar-refractivity contribution in [3.8, 4) is 5.75 Å². The van der Waals surface area contributed by atoms with Crippen molar-refractivity contribution in [3.63, 3.8) is 0 Å². The fourth-order valence-electron chi connectivity index (χ4n) is 3.28. The van der Waals surface area contributed by atoms with Crippen molar-refractivity contribution >= 4 is 23.0 Å². The number of aryl methyl sites for hydroxylation is 1. The highest BCUT2D eigenvalue weighted by molar-refractivity contribution is 7.09. The van der Waals surface area contributed by atoms with Gasteiger partial charge in [-0.2, -0.15) is 0 Å². The van der Waals surface area contributed by atoms with Crippen molar-refractivity contribution in [1.29, 1.82) is 0 Å². The minimum atomic E-state index is -0.0164. The molecule has 2 aromatic rings. The molecule has 1 aliphatic rings. The maximum absolute atomic E-state index is 12.7. The number of methoxy groups -OCH3 is 1. The van der Waals surface area contributed by atoms with Gasteiger partial charge in [0, 0.05) is 49.2 Å². The number of carbonyl (C=O) groups is 2. The monoisotopic (exact) mass is 387 g/mol. The number of benzene rings is 1. The Bertz CT molecular complexity index is 826. The number of hydrogen-bond acceptors (Lipinski definition) is 6. The number of Topliss-reactive ketones (excluding diaryl/α,β-unsaturated/α-hetero) is 1. The lowest BCUT2D eigenvalue weighted by Crippen LogP contribution is -2.48. The molecule has 0 bridgehead atoms. The number of hydrogen-bond donors (Lipinski definition) is 0. The number of carbonyl (C=O) groups excluding carboxylic acids is 2. The highest BCUT2D eigenvalue weighted by atomic mass is 32.1. The number of amides is 1. The standard InChI is InChI=1S/C20H25N3O3S/c1-14(24)16-4-5-19(26-3)17(10-16)11-20(25)23-8-6-22(7-9-23)12-18-13-27-15(2)21-18/h4-5,10,13H,6-9,11-12H2,1-3H3. The molecule has 144 valence electrons. The van der Waals surface area contributed by atoms with Crippen molar-refractivity contribution in [2.24, 2.45) is 0 Å². The summed E-state index contributed by atoms with van der Waals surface area (Å²) in [5, 5.41) is 3.18. The van der Waals surface area contributed by atoms with Crippen LogP contribution in [0.25, 0.3) is 0 Å². The van der Waals surface area contributed by atoms with Crippen molar-refractivity contribution in [1.82, 2.24) is 14.8 Å². The van der Waals surface area contributed by atoms with Crippen LogP contribution >= 0.6 is 11.3 Å². The number of ether oxygens (including phenoxy) is 1. The topological polar surface area (TPSA) is 62.7 Å². The fourth-order valence-corrected chi connectivity index (χ4v) is 3.88. The van der Waals surface area contributed by atoms with E-state index in [9.17, 15) is 9.59 Å².